The van der Waals surface area contributed by atoms with Gasteiger partial charge >= 0.3 is 0 Å². The molecule has 4 heteroatoms. The van der Waals surface area contributed by atoms with Crippen LogP contribution in [0.4, 0.5) is 0 Å². The summed E-state index contributed by atoms with van der Waals surface area (Å²) in [6.45, 7) is 12.2. The molecule has 0 unspecified atom stereocenters. The minimum absolute atomic E-state index is 0.183. The molecule has 1 N–H and O–H groups in total. The van der Waals surface area contributed by atoms with Crippen molar-refractivity contribution in [2.45, 2.75) is 59.6 Å². The van der Waals surface area contributed by atoms with E-state index in [0.29, 0.717) is 6.61 Å². The first-order chi connectivity index (χ1) is 8.83. The summed E-state index contributed by atoms with van der Waals surface area (Å²) in [6, 6.07) is 0. The van der Waals surface area contributed by atoms with E-state index in [1.807, 2.05) is 0 Å². The fourth-order valence-corrected chi connectivity index (χ4v) is 2.09. The predicted octanol–water partition coefficient (Wildman–Crippen LogP) is 2.56. The van der Waals surface area contributed by atoms with E-state index in [-0.39, 0.29) is 5.54 Å². The minimum Gasteiger partial charge on any atom is -0.377 e. The van der Waals surface area contributed by atoms with Crippen molar-refractivity contribution in [2.75, 3.05) is 13.7 Å². The Morgan fingerprint density at radius 1 is 1.11 bits per heavy atom. The summed E-state index contributed by atoms with van der Waals surface area (Å²) in [5.74, 6) is 0.772. The summed E-state index contributed by atoms with van der Waals surface area (Å²) in [6.07, 6.45) is 2.12. The summed E-state index contributed by atoms with van der Waals surface area (Å²) < 4.78 is 5.08. The molecule has 19 heavy (non-hydrogen) atoms. The Bertz CT molecular complexity index is 387. The second-order valence-corrected chi connectivity index (χ2v) is 6.00. The average molecular weight is 265 g/mol. The molecule has 0 aliphatic heterocycles. The second-order valence-electron chi connectivity index (χ2n) is 6.00. The zero-order valence-electron chi connectivity index (χ0n) is 13.1. The molecular weight excluding hydrogens is 238 g/mol. The molecule has 0 amide bonds. The summed E-state index contributed by atoms with van der Waals surface area (Å²) in [4.78, 5) is 8.99. The van der Waals surface area contributed by atoms with Crippen LogP contribution >= 0.6 is 0 Å². The van der Waals surface area contributed by atoms with Gasteiger partial charge < -0.3 is 10.1 Å². The molecular formula is C15H27N3O. The first-order valence-corrected chi connectivity index (χ1v) is 6.90. The Labute approximate surface area is 117 Å². The Morgan fingerprint density at radius 2 is 1.68 bits per heavy atom. The van der Waals surface area contributed by atoms with Gasteiger partial charge in [-0.3, -0.25) is 0 Å². The molecule has 1 aromatic rings. The van der Waals surface area contributed by atoms with Gasteiger partial charge in [-0.15, -0.1) is 0 Å². The SMILES string of the molecule is COCc1nc(C)c(CCCNC(C)(C)C)c(C)n1. The molecule has 0 spiro atoms. The Kier molecular flexibility index (Phi) is 5.88. The quantitative estimate of drug-likeness (QED) is 0.803. The van der Waals surface area contributed by atoms with Crippen LogP contribution in [0.3, 0.4) is 0 Å². The number of hydrogen-bond acceptors (Lipinski definition) is 4. The van der Waals surface area contributed by atoms with Crippen molar-refractivity contribution in [2.24, 2.45) is 0 Å². The maximum Gasteiger partial charge on any atom is 0.154 e. The van der Waals surface area contributed by atoms with Gasteiger partial charge in [0.05, 0.1) is 0 Å². The lowest BCUT2D eigenvalue weighted by atomic mass is 10.1. The topological polar surface area (TPSA) is 47.0 Å². The molecule has 0 fully saturated rings. The van der Waals surface area contributed by atoms with Gasteiger partial charge in [0.1, 0.15) is 6.61 Å². The molecule has 108 valence electrons. The van der Waals surface area contributed by atoms with Gasteiger partial charge in [-0.2, -0.15) is 0 Å². The van der Waals surface area contributed by atoms with Crippen LogP contribution in [0.2, 0.25) is 0 Å². The summed E-state index contributed by atoms with van der Waals surface area (Å²) in [5, 5.41) is 3.50. The first-order valence-electron chi connectivity index (χ1n) is 6.90. The van der Waals surface area contributed by atoms with E-state index < -0.39 is 0 Å². The van der Waals surface area contributed by atoms with Crippen LogP contribution in [0, 0.1) is 13.8 Å². The highest BCUT2D eigenvalue weighted by Crippen LogP contribution is 2.13. The molecule has 1 aromatic heterocycles. The Balaban J connectivity index is 2.59. The van der Waals surface area contributed by atoms with Gasteiger partial charge in [-0.05, 0) is 59.6 Å². The van der Waals surface area contributed by atoms with Gasteiger partial charge in [-0.25, -0.2) is 9.97 Å². The highest BCUT2D eigenvalue weighted by atomic mass is 16.5. The van der Waals surface area contributed by atoms with E-state index >= 15 is 0 Å². The number of aromatic nitrogens is 2. The van der Waals surface area contributed by atoms with Crippen molar-refractivity contribution in [3.63, 3.8) is 0 Å². The average Bonchev–Trinajstić information content (AvgIpc) is 2.26. The largest absolute Gasteiger partial charge is 0.377 e. The van der Waals surface area contributed by atoms with Crippen LogP contribution in [0.25, 0.3) is 0 Å². The molecule has 0 atom stereocenters. The number of methoxy groups -OCH3 is 1. The van der Waals surface area contributed by atoms with Crippen LogP contribution in [0.5, 0.6) is 0 Å². The van der Waals surface area contributed by atoms with Gasteiger partial charge in [0, 0.05) is 24.0 Å². The summed E-state index contributed by atoms with van der Waals surface area (Å²) >= 11 is 0. The third-order valence-corrected chi connectivity index (χ3v) is 3.00. The van der Waals surface area contributed by atoms with Gasteiger partial charge in [-0.1, -0.05) is 0 Å². The normalized spacial score (nSPS) is 11.9. The van der Waals surface area contributed by atoms with E-state index in [9.17, 15) is 0 Å². The molecule has 0 saturated heterocycles. The highest BCUT2D eigenvalue weighted by Gasteiger charge is 2.10. The van der Waals surface area contributed by atoms with Gasteiger partial charge in [0.15, 0.2) is 5.82 Å². The van der Waals surface area contributed by atoms with E-state index in [1.54, 1.807) is 7.11 Å². The van der Waals surface area contributed by atoms with Crippen LogP contribution in [-0.2, 0) is 17.8 Å². The lowest BCUT2D eigenvalue weighted by Gasteiger charge is -2.20. The zero-order chi connectivity index (χ0) is 14.5. The van der Waals surface area contributed by atoms with E-state index in [1.165, 1.54) is 5.56 Å². The lowest BCUT2D eigenvalue weighted by molar-refractivity contribution is 0.177. The van der Waals surface area contributed by atoms with Gasteiger partial charge in [0.2, 0.25) is 0 Å². The van der Waals surface area contributed by atoms with E-state index in [2.05, 4.69) is 49.9 Å². The van der Waals surface area contributed by atoms with E-state index in [0.717, 1.165) is 36.6 Å². The third-order valence-electron chi connectivity index (χ3n) is 3.00. The number of rotatable bonds is 6. The number of aryl methyl sites for hydroxylation is 2. The maximum atomic E-state index is 5.08. The monoisotopic (exact) mass is 265 g/mol. The second kappa shape index (κ2) is 6.96. The first kappa shape index (κ1) is 16.1. The van der Waals surface area contributed by atoms with E-state index in [4.69, 9.17) is 4.74 Å². The van der Waals surface area contributed by atoms with Crippen molar-refractivity contribution in [3.05, 3.63) is 22.8 Å². The zero-order valence-corrected chi connectivity index (χ0v) is 13.1. The number of nitrogens with zero attached hydrogens (tertiary/aromatic N) is 2. The van der Waals surface area contributed by atoms with Crippen molar-refractivity contribution in [1.82, 2.24) is 15.3 Å². The number of ether oxygens (including phenoxy) is 1. The van der Waals surface area contributed by atoms with Crippen molar-refractivity contribution >= 4 is 0 Å². The molecule has 4 nitrogen and oxygen atoms in total. The smallest absolute Gasteiger partial charge is 0.154 e. The number of nitrogens with one attached hydrogen (secondary N) is 1. The third kappa shape index (κ3) is 5.66. The van der Waals surface area contributed by atoms with Crippen LogP contribution in [-0.4, -0.2) is 29.2 Å². The predicted molar refractivity (Wildman–Crippen MR) is 78.3 cm³/mol. The van der Waals surface area contributed by atoms with Gasteiger partial charge in [0.25, 0.3) is 0 Å². The molecule has 0 radical (unpaired) electrons. The molecule has 0 aromatic carbocycles. The molecule has 0 aliphatic rings. The minimum atomic E-state index is 0.183. The Morgan fingerprint density at radius 3 is 2.16 bits per heavy atom. The molecule has 1 heterocycles. The van der Waals surface area contributed by atoms with Crippen molar-refractivity contribution in [1.29, 1.82) is 0 Å². The summed E-state index contributed by atoms with van der Waals surface area (Å²) in [7, 11) is 1.67. The maximum absolute atomic E-state index is 5.08. The summed E-state index contributed by atoms with van der Waals surface area (Å²) in [5.41, 5.74) is 3.62. The molecule has 1 rings (SSSR count). The van der Waals surface area contributed by atoms with Crippen molar-refractivity contribution < 1.29 is 4.74 Å². The van der Waals surface area contributed by atoms with Crippen LogP contribution < -0.4 is 5.32 Å². The lowest BCUT2D eigenvalue weighted by Crippen LogP contribution is -2.36. The highest BCUT2D eigenvalue weighted by molar-refractivity contribution is 5.24. The standard InChI is InChI=1S/C15H27N3O/c1-11-13(8-7-9-16-15(3,4)5)12(2)18-14(17-11)10-19-6/h16H,7-10H2,1-6H3. The van der Waals surface area contributed by atoms with Crippen LogP contribution in [0.1, 0.15) is 50.0 Å². The number of hydrogen-bond donors (Lipinski definition) is 1. The fraction of sp³-hybridized carbons (Fsp3) is 0.733. The molecule has 0 bridgehead atoms. The van der Waals surface area contributed by atoms with Crippen molar-refractivity contribution in [3.8, 4) is 0 Å². The fourth-order valence-electron chi connectivity index (χ4n) is 2.09. The Hall–Kier alpha value is -1.00. The molecule has 0 saturated carbocycles. The van der Waals surface area contributed by atoms with Crippen LogP contribution in [0.15, 0.2) is 0 Å². The molecule has 0 aliphatic carbocycles.